The van der Waals surface area contributed by atoms with Crippen LogP contribution in [-0.4, -0.2) is 50.8 Å². The number of hydrogen-bond acceptors (Lipinski definition) is 3. The van der Waals surface area contributed by atoms with Crippen LogP contribution in [-0.2, 0) is 17.8 Å². The van der Waals surface area contributed by atoms with Gasteiger partial charge in [0.25, 0.3) is 0 Å². The van der Waals surface area contributed by atoms with Gasteiger partial charge in [-0.3, -0.25) is 9.89 Å². The summed E-state index contributed by atoms with van der Waals surface area (Å²) in [5.74, 6) is 0.860. The molecule has 6 heteroatoms. The molecule has 0 aromatic heterocycles. The molecule has 2 heterocycles. The first-order valence-electron chi connectivity index (χ1n) is 9.84. The van der Waals surface area contributed by atoms with E-state index in [1.807, 2.05) is 7.05 Å². The standard InChI is InChI=1S/C21H32N4O.HI/c1-22-21(23-11-8-18-9-14-26-15-10-18)24-16-19-4-6-20(7-5-19)17-25-12-2-3-13-25;/h4-7,9H,2-3,8,10-17H2,1H3,(H2,22,23,24);1H. The van der Waals surface area contributed by atoms with E-state index in [0.717, 1.165) is 51.6 Å². The van der Waals surface area contributed by atoms with E-state index >= 15 is 0 Å². The lowest BCUT2D eigenvalue weighted by molar-refractivity contribution is 0.153. The number of rotatable bonds is 7. The summed E-state index contributed by atoms with van der Waals surface area (Å²) in [6, 6.07) is 8.95. The first-order valence-corrected chi connectivity index (χ1v) is 9.84. The topological polar surface area (TPSA) is 48.9 Å². The van der Waals surface area contributed by atoms with Crippen LogP contribution in [0.5, 0.6) is 0 Å². The molecule has 1 fully saturated rings. The van der Waals surface area contributed by atoms with Crippen molar-refractivity contribution in [3.8, 4) is 0 Å². The lowest BCUT2D eigenvalue weighted by atomic mass is 10.1. The normalized spacial score (nSPS) is 18.0. The van der Waals surface area contributed by atoms with Crippen molar-refractivity contribution in [1.29, 1.82) is 0 Å². The van der Waals surface area contributed by atoms with Gasteiger partial charge in [-0.1, -0.05) is 35.9 Å². The highest BCUT2D eigenvalue weighted by Gasteiger charge is 2.11. The Morgan fingerprint density at radius 3 is 2.52 bits per heavy atom. The average Bonchev–Trinajstić information content (AvgIpc) is 3.19. The third-order valence-corrected chi connectivity index (χ3v) is 5.11. The van der Waals surface area contributed by atoms with E-state index in [1.54, 1.807) is 0 Å². The molecule has 0 spiro atoms. The van der Waals surface area contributed by atoms with Gasteiger partial charge in [0, 0.05) is 26.7 Å². The van der Waals surface area contributed by atoms with Gasteiger partial charge in [0.2, 0.25) is 0 Å². The number of aliphatic imine (C=N–C) groups is 1. The van der Waals surface area contributed by atoms with Crippen molar-refractivity contribution in [2.24, 2.45) is 4.99 Å². The van der Waals surface area contributed by atoms with Crippen LogP contribution in [0.25, 0.3) is 0 Å². The molecule has 0 saturated carbocycles. The molecular formula is C21H33IN4O. The van der Waals surface area contributed by atoms with Crippen LogP contribution < -0.4 is 10.6 Å². The quantitative estimate of drug-likeness (QED) is 0.270. The summed E-state index contributed by atoms with van der Waals surface area (Å²) in [6.45, 7) is 6.88. The Labute approximate surface area is 180 Å². The van der Waals surface area contributed by atoms with Crippen molar-refractivity contribution in [1.82, 2.24) is 15.5 Å². The first kappa shape index (κ1) is 22.2. The van der Waals surface area contributed by atoms with Gasteiger partial charge >= 0.3 is 0 Å². The number of halogens is 1. The van der Waals surface area contributed by atoms with Crippen LogP contribution in [0.4, 0.5) is 0 Å². The Kier molecular flexibility index (Phi) is 10.2. The molecule has 0 bridgehead atoms. The van der Waals surface area contributed by atoms with E-state index < -0.39 is 0 Å². The predicted octanol–water partition coefficient (Wildman–Crippen LogP) is 3.30. The highest BCUT2D eigenvalue weighted by atomic mass is 127. The van der Waals surface area contributed by atoms with Crippen LogP contribution in [0.1, 0.15) is 36.8 Å². The fourth-order valence-corrected chi connectivity index (χ4v) is 3.50. The summed E-state index contributed by atoms with van der Waals surface area (Å²) in [7, 11) is 1.82. The predicted molar refractivity (Wildman–Crippen MR) is 123 cm³/mol. The van der Waals surface area contributed by atoms with E-state index in [-0.39, 0.29) is 24.0 Å². The molecule has 0 aliphatic carbocycles. The molecular weight excluding hydrogens is 451 g/mol. The minimum atomic E-state index is 0. The molecule has 2 aliphatic rings. The molecule has 27 heavy (non-hydrogen) atoms. The minimum absolute atomic E-state index is 0. The van der Waals surface area contributed by atoms with Gasteiger partial charge in [-0.05, 0) is 49.9 Å². The molecule has 0 unspecified atom stereocenters. The van der Waals surface area contributed by atoms with Gasteiger partial charge < -0.3 is 15.4 Å². The van der Waals surface area contributed by atoms with Gasteiger partial charge in [0.15, 0.2) is 5.96 Å². The third kappa shape index (κ3) is 7.79. The second-order valence-corrected chi connectivity index (χ2v) is 7.09. The van der Waals surface area contributed by atoms with Crippen molar-refractivity contribution >= 4 is 29.9 Å². The van der Waals surface area contributed by atoms with Crippen LogP contribution in [0.3, 0.4) is 0 Å². The maximum atomic E-state index is 5.35. The van der Waals surface area contributed by atoms with Crippen LogP contribution in [0, 0.1) is 0 Å². The lowest BCUT2D eigenvalue weighted by Crippen LogP contribution is -2.37. The smallest absolute Gasteiger partial charge is 0.191 e. The maximum absolute atomic E-state index is 5.35. The highest BCUT2D eigenvalue weighted by Crippen LogP contribution is 2.13. The Morgan fingerprint density at radius 1 is 1.11 bits per heavy atom. The van der Waals surface area contributed by atoms with E-state index in [9.17, 15) is 0 Å². The molecule has 150 valence electrons. The lowest BCUT2D eigenvalue weighted by Gasteiger charge is -2.16. The van der Waals surface area contributed by atoms with Gasteiger partial charge in [-0.15, -0.1) is 24.0 Å². The molecule has 0 radical (unpaired) electrons. The second-order valence-electron chi connectivity index (χ2n) is 7.09. The highest BCUT2D eigenvalue weighted by molar-refractivity contribution is 14.0. The maximum Gasteiger partial charge on any atom is 0.191 e. The molecule has 5 nitrogen and oxygen atoms in total. The zero-order valence-electron chi connectivity index (χ0n) is 16.4. The fourth-order valence-electron chi connectivity index (χ4n) is 3.50. The van der Waals surface area contributed by atoms with E-state index in [4.69, 9.17) is 4.74 Å². The molecule has 1 aromatic carbocycles. The van der Waals surface area contributed by atoms with Crippen molar-refractivity contribution < 1.29 is 4.74 Å². The molecule has 0 atom stereocenters. The Hall–Kier alpha value is -1.12. The van der Waals surface area contributed by atoms with Crippen molar-refractivity contribution in [2.45, 2.75) is 38.8 Å². The number of ether oxygens (including phenoxy) is 1. The molecule has 1 aromatic rings. The molecule has 2 aliphatic heterocycles. The zero-order chi connectivity index (χ0) is 18.0. The SMILES string of the molecule is CN=C(NCCC1=CCOCC1)NCc1ccc(CN2CCCC2)cc1.I. The van der Waals surface area contributed by atoms with Crippen molar-refractivity contribution in [3.63, 3.8) is 0 Å². The Balaban J connectivity index is 0.00000261. The number of guanidine groups is 1. The first-order chi connectivity index (χ1) is 12.8. The van der Waals surface area contributed by atoms with Gasteiger partial charge in [0.05, 0.1) is 13.2 Å². The second kappa shape index (κ2) is 12.4. The molecule has 3 rings (SSSR count). The van der Waals surface area contributed by atoms with E-state index in [0.29, 0.717) is 0 Å². The molecule has 1 saturated heterocycles. The minimum Gasteiger partial charge on any atom is -0.377 e. The number of benzene rings is 1. The van der Waals surface area contributed by atoms with Crippen molar-refractivity contribution in [2.75, 3.05) is 39.9 Å². The van der Waals surface area contributed by atoms with Crippen LogP contribution in [0.2, 0.25) is 0 Å². The number of likely N-dealkylation sites (tertiary alicyclic amines) is 1. The van der Waals surface area contributed by atoms with Crippen molar-refractivity contribution in [3.05, 3.63) is 47.0 Å². The number of hydrogen-bond donors (Lipinski definition) is 2. The number of nitrogens with zero attached hydrogens (tertiary/aromatic N) is 2. The summed E-state index contributed by atoms with van der Waals surface area (Å²) in [5, 5.41) is 6.80. The molecule has 0 amide bonds. The van der Waals surface area contributed by atoms with Gasteiger partial charge in [-0.2, -0.15) is 0 Å². The van der Waals surface area contributed by atoms with Crippen LogP contribution >= 0.6 is 24.0 Å². The summed E-state index contributed by atoms with van der Waals surface area (Å²) in [5.41, 5.74) is 4.17. The number of nitrogens with one attached hydrogen (secondary N) is 2. The third-order valence-electron chi connectivity index (χ3n) is 5.11. The zero-order valence-corrected chi connectivity index (χ0v) is 18.7. The average molecular weight is 484 g/mol. The summed E-state index contributed by atoms with van der Waals surface area (Å²) in [4.78, 5) is 6.85. The van der Waals surface area contributed by atoms with Gasteiger partial charge in [-0.25, -0.2) is 0 Å². The Bertz CT molecular complexity index is 609. The van der Waals surface area contributed by atoms with E-state index in [1.165, 1.54) is 42.6 Å². The summed E-state index contributed by atoms with van der Waals surface area (Å²) < 4.78 is 5.35. The summed E-state index contributed by atoms with van der Waals surface area (Å²) >= 11 is 0. The monoisotopic (exact) mass is 484 g/mol. The van der Waals surface area contributed by atoms with Crippen LogP contribution in [0.15, 0.2) is 40.9 Å². The largest absolute Gasteiger partial charge is 0.377 e. The van der Waals surface area contributed by atoms with E-state index in [2.05, 4.69) is 50.9 Å². The van der Waals surface area contributed by atoms with Gasteiger partial charge in [0.1, 0.15) is 0 Å². The fraction of sp³-hybridized carbons (Fsp3) is 0.571. The summed E-state index contributed by atoms with van der Waals surface area (Å²) in [6.07, 6.45) is 7.00. The molecule has 2 N–H and O–H groups in total. The Morgan fingerprint density at radius 2 is 1.85 bits per heavy atom.